The third-order valence-electron chi connectivity index (χ3n) is 5.02. The van der Waals surface area contributed by atoms with Gasteiger partial charge in [-0.15, -0.1) is 0 Å². The number of benzene rings is 2. The summed E-state index contributed by atoms with van der Waals surface area (Å²) in [7, 11) is 0. The second-order valence-corrected chi connectivity index (χ2v) is 7.67. The number of aryl methyl sites for hydroxylation is 1. The van der Waals surface area contributed by atoms with Crippen LogP contribution in [-0.4, -0.2) is 41.0 Å². The normalized spacial score (nSPS) is 19.2. The molecule has 2 aromatic carbocycles. The Hall–Kier alpha value is -3.12. The van der Waals surface area contributed by atoms with Crippen molar-refractivity contribution in [2.75, 3.05) is 23.3 Å². The van der Waals surface area contributed by atoms with Gasteiger partial charge in [-0.1, -0.05) is 0 Å². The summed E-state index contributed by atoms with van der Waals surface area (Å²) >= 11 is 0. The number of carbonyl (C=O) groups excluding carboxylic acids is 1. The molecule has 1 fully saturated rings. The Labute approximate surface area is 171 Å². The first-order valence-corrected chi connectivity index (χ1v) is 9.91. The summed E-state index contributed by atoms with van der Waals surface area (Å²) in [5, 5.41) is 7.25. The lowest BCUT2D eigenvalue weighted by atomic mass is 10.1. The van der Waals surface area contributed by atoms with Crippen LogP contribution in [0.3, 0.4) is 0 Å². The summed E-state index contributed by atoms with van der Waals surface area (Å²) in [6, 6.07) is 15.4. The van der Waals surface area contributed by atoms with Gasteiger partial charge < -0.3 is 15.0 Å². The number of anilines is 2. The van der Waals surface area contributed by atoms with Crippen LogP contribution in [0, 0.1) is 6.92 Å². The lowest BCUT2D eigenvalue weighted by Gasteiger charge is -2.36. The first-order valence-electron chi connectivity index (χ1n) is 9.91. The van der Waals surface area contributed by atoms with E-state index in [-0.39, 0.29) is 18.1 Å². The number of nitrogens with one attached hydrogen (secondary N) is 1. The second kappa shape index (κ2) is 8.09. The van der Waals surface area contributed by atoms with E-state index < -0.39 is 0 Å². The van der Waals surface area contributed by atoms with Crippen molar-refractivity contribution < 1.29 is 9.53 Å². The van der Waals surface area contributed by atoms with Crippen molar-refractivity contribution in [3.8, 4) is 5.69 Å². The molecular formula is C23H26N4O2. The van der Waals surface area contributed by atoms with E-state index in [1.807, 2.05) is 67.8 Å². The second-order valence-electron chi connectivity index (χ2n) is 7.67. The molecule has 0 aliphatic carbocycles. The highest BCUT2D eigenvalue weighted by atomic mass is 16.5. The summed E-state index contributed by atoms with van der Waals surface area (Å²) in [4.78, 5) is 14.9. The molecule has 0 spiro atoms. The number of ether oxygens (including phenoxy) is 1. The minimum atomic E-state index is -0.130. The van der Waals surface area contributed by atoms with Gasteiger partial charge in [0.25, 0.3) is 5.91 Å². The largest absolute Gasteiger partial charge is 0.372 e. The Balaban J connectivity index is 1.40. The van der Waals surface area contributed by atoms with Crippen molar-refractivity contribution in [1.29, 1.82) is 0 Å². The third-order valence-corrected chi connectivity index (χ3v) is 5.02. The molecule has 1 amide bonds. The minimum Gasteiger partial charge on any atom is -0.372 e. The van der Waals surface area contributed by atoms with E-state index in [4.69, 9.17) is 4.74 Å². The van der Waals surface area contributed by atoms with E-state index in [0.29, 0.717) is 5.56 Å². The zero-order valence-corrected chi connectivity index (χ0v) is 17.0. The predicted molar refractivity (Wildman–Crippen MR) is 115 cm³/mol. The van der Waals surface area contributed by atoms with Crippen LogP contribution < -0.4 is 10.2 Å². The van der Waals surface area contributed by atoms with Crippen LogP contribution in [0.25, 0.3) is 5.69 Å². The fraction of sp³-hybridized carbons (Fsp3) is 0.304. The highest BCUT2D eigenvalue weighted by Gasteiger charge is 2.22. The fourth-order valence-corrected chi connectivity index (χ4v) is 3.67. The van der Waals surface area contributed by atoms with E-state index in [2.05, 4.69) is 29.2 Å². The molecular weight excluding hydrogens is 364 g/mol. The highest BCUT2D eigenvalue weighted by molar-refractivity contribution is 6.04. The Morgan fingerprint density at radius 3 is 2.21 bits per heavy atom. The highest BCUT2D eigenvalue weighted by Crippen LogP contribution is 2.22. The molecule has 2 heterocycles. The third kappa shape index (κ3) is 4.49. The average Bonchev–Trinajstić information content (AvgIpc) is 3.14. The number of rotatable bonds is 4. The number of carbonyl (C=O) groups is 1. The lowest BCUT2D eigenvalue weighted by molar-refractivity contribution is -0.00521. The molecule has 1 N–H and O–H groups in total. The quantitative estimate of drug-likeness (QED) is 0.730. The number of aromatic nitrogens is 2. The number of hydrogen-bond acceptors (Lipinski definition) is 4. The van der Waals surface area contributed by atoms with Gasteiger partial charge in [0.2, 0.25) is 0 Å². The van der Waals surface area contributed by atoms with Crippen molar-refractivity contribution in [2.45, 2.75) is 33.0 Å². The summed E-state index contributed by atoms with van der Waals surface area (Å²) in [5.41, 5.74) is 4.55. The van der Waals surface area contributed by atoms with Crippen LogP contribution in [0.5, 0.6) is 0 Å². The fourth-order valence-electron chi connectivity index (χ4n) is 3.67. The summed E-state index contributed by atoms with van der Waals surface area (Å²) < 4.78 is 7.59. The summed E-state index contributed by atoms with van der Waals surface area (Å²) in [5.74, 6) is -0.130. The van der Waals surface area contributed by atoms with Crippen LogP contribution in [-0.2, 0) is 4.74 Å². The molecule has 6 heteroatoms. The first-order chi connectivity index (χ1) is 14.0. The van der Waals surface area contributed by atoms with Gasteiger partial charge >= 0.3 is 0 Å². The molecule has 1 saturated heterocycles. The molecule has 4 rings (SSSR count). The van der Waals surface area contributed by atoms with E-state index >= 15 is 0 Å². The van der Waals surface area contributed by atoms with Crippen LogP contribution in [0.1, 0.15) is 29.8 Å². The average molecular weight is 390 g/mol. The van der Waals surface area contributed by atoms with Crippen molar-refractivity contribution in [1.82, 2.24) is 9.78 Å². The van der Waals surface area contributed by atoms with E-state index in [9.17, 15) is 4.79 Å². The summed E-state index contributed by atoms with van der Waals surface area (Å²) in [6.07, 6.45) is 4.19. The first kappa shape index (κ1) is 19.2. The zero-order chi connectivity index (χ0) is 20.4. The van der Waals surface area contributed by atoms with Gasteiger partial charge in [0.1, 0.15) is 0 Å². The van der Waals surface area contributed by atoms with E-state index in [1.54, 1.807) is 4.68 Å². The molecule has 6 nitrogen and oxygen atoms in total. The molecule has 1 aliphatic rings. The molecule has 150 valence electrons. The van der Waals surface area contributed by atoms with Crippen LogP contribution >= 0.6 is 0 Å². The van der Waals surface area contributed by atoms with E-state index in [0.717, 1.165) is 35.7 Å². The molecule has 29 heavy (non-hydrogen) atoms. The van der Waals surface area contributed by atoms with Crippen LogP contribution in [0.2, 0.25) is 0 Å². The van der Waals surface area contributed by atoms with Crippen LogP contribution in [0.15, 0.2) is 60.9 Å². The van der Waals surface area contributed by atoms with Gasteiger partial charge in [0, 0.05) is 36.2 Å². The number of morpholine rings is 1. The number of nitrogens with zero attached hydrogens (tertiary/aromatic N) is 3. The van der Waals surface area contributed by atoms with Crippen molar-refractivity contribution >= 4 is 17.3 Å². The van der Waals surface area contributed by atoms with Gasteiger partial charge in [-0.05, 0) is 74.9 Å². The minimum absolute atomic E-state index is 0.130. The van der Waals surface area contributed by atoms with Crippen LogP contribution in [0.4, 0.5) is 11.4 Å². The predicted octanol–water partition coefficient (Wildman–Crippen LogP) is 4.05. The maximum atomic E-state index is 12.6. The Bertz CT molecular complexity index is 969. The SMILES string of the molecule is Cc1cnn(-c2ccc(C(=O)Nc3ccc(N4CC(C)OC(C)C4)cc3)cc2)c1. The Kier molecular flexibility index (Phi) is 5.36. The molecule has 0 radical (unpaired) electrons. The lowest BCUT2D eigenvalue weighted by Crippen LogP contribution is -2.45. The Morgan fingerprint density at radius 2 is 1.62 bits per heavy atom. The maximum absolute atomic E-state index is 12.6. The van der Waals surface area contributed by atoms with Gasteiger partial charge in [-0.3, -0.25) is 4.79 Å². The number of amides is 1. The standard InChI is InChI=1S/C23H26N4O2/c1-16-12-24-27(13-16)22-8-4-19(5-9-22)23(28)25-20-6-10-21(11-7-20)26-14-17(2)29-18(3)15-26/h4-13,17-18H,14-15H2,1-3H3,(H,25,28). The monoisotopic (exact) mass is 390 g/mol. The molecule has 2 unspecified atom stereocenters. The molecule has 2 atom stereocenters. The molecule has 0 bridgehead atoms. The molecule has 1 aliphatic heterocycles. The van der Waals surface area contributed by atoms with Crippen molar-refractivity contribution in [3.63, 3.8) is 0 Å². The smallest absolute Gasteiger partial charge is 0.255 e. The van der Waals surface area contributed by atoms with Gasteiger partial charge in [-0.25, -0.2) is 4.68 Å². The van der Waals surface area contributed by atoms with Gasteiger partial charge in [0.15, 0.2) is 0 Å². The van der Waals surface area contributed by atoms with Crippen molar-refractivity contribution in [2.24, 2.45) is 0 Å². The summed E-state index contributed by atoms with van der Waals surface area (Å²) in [6.45, 7) is 7.93. The Morgan fingerprint density at radius 1 is 1.00 bits per heavy atom. The number of hydrogen-bond donors (Lipinski definition) is 1. The van der Waals surface area contributed by atoms with E-state index in [1.165, 1.54) is 0 Å². The molecule has 0 saturated carbocycles. The topological polar surface area (TPSA) is 59.4 Å². The van der Waals surface area contributed by atoms with Gasteiger partial charge in [-0.2, -0.15) is 5.10 Å². The van der Waals surface area contributed by atoms with Crippen molar-refractivity contribution in [3.05, 3.63) is 72.1 Å². The maximum Gasteiger partial charge on any atom is 0.255 e. The molecule has 3 aromatic rings. The van der Waals surface area contributed by atoms with Gasteiger partial charge in [0.05, 0.1) is 24.1 Å². The zero-order valence-electron chi connectivity index (χ0n) is 17.0. The molecule has 1 aromatic heterocycles.